The van der Waals surface area contributed by atoms with Crippen molar-refractivity contribution in [1.82, 2.24) is 15.5 Å². The molecule has 0 radical (unpaired) electrons. The number of nitrogens with one attached hydrogen (secondary N) is 2. The molecule has 1 saturated heterocycles. The lowest BCUT2D eigenvalue weighted by molar-refractivity contribution is -0.137. The molecule has 0 spiro atoms. The maximum atomic E-state index is 13.0. The minimum atomic E-state index is -4.32. The summed E-state index contributed by atoms with van der Waals surface area (Å²) in [6.45, 7) is 4.79. The van der Waals surface area contributed by atoms with Gasteiger partial charge in [-0.3, -0.25) is 9.59 Å². The Morgan fingerprint density at radius 2 is 1.73 bits per heavy atom. The summed E-state index contributed by atoms with van der Waals surface area (Å²) in [5, 5.41) is 6.36. The second kappa shape index (κ2) is 10.3. The van der Waals surface area contributed by atoms with Gasteiger partial charge in [-0.25, -0.2) is 0 Å². The van der Waals surface area contributed by atoms with Crippen LogP contribution in [0, 0.1) is 5.92 Å². The predicted octanol–water partition coefficient (Wildman–Crippen LogP) is 5.34. The Kier molecular flexibility index (Phi) is 7.12. The number of halogens is 3. The van der Waals surface area contributed by atoms with E-state index < -0.39 is 17.8 Å². The molecule has 2 amide bonds. The molecule has 2 aromatic carbocycles. The van der Waals surface area contributed by atoms with Crippen LogP contribution in [-0.4, -0.2) is 28.8 Å². The molecule has 8 heteroatoms. The highest BCUT2D eigenvalue weighted by Gasteiger charge is 2.38. The van der Waals surface area contributed by atoms with E-state index in [1.807, 2.05) is 12.1 Å². The number of hydrogen-bond acceptors (Lipinski definition) is 3. The van der Waals surface area contributed by atoms with Crippen molar-refractivity contribution in [2.75, 3.05) is 0 Å². The summed E-state index contributed by atoms with van der Waals surface area (Å²) in [6, 6.07) is 11.2. The van der Waals surface area contributed by atoms with Gasteiger partial charge in [0.15, 0.2) is 0 Å². The Hall–Kier alpha value is -3.13. The molecule has 196 valence electrons. The average molecular weight is 512 g/mol. The minimum Gasteiger partial charge on any atom is -0.329 e. The molecular weight excluding hydrogens is 479 g/mol. The molecule has 2 heterocycles. The maximum Gasteiger partial charge on any atom is 0.416 e. The molecule has 5 rings (SSSR count). The van der Waals surface area contributed by atoms with Crippen LogP contribution in [0.15, 0.2) is 54.7 Å². The molecule has 1 unspecified atom stereocenters. The molecule has 2 aromatic rings. The normalized spacial score (nSPS) is 24.2. The lowest BCUT2D eigenvalue weighted by Crippen LogP contribution is -2.49. The largest absolute Gasteiger partial charge is 0.416 e. The smallest absolute Gasteiger partial charge is 0.329 e. The molecule has 3 atom stereocenters. The summed E-state index contributed by atoms with van der Waals surface area (Å²) < 4.78 is 38.5. The predicted molar refractivity (Wildman–Crippen MR) is 134 cm³/mol. The monoisotopic (exact) mass is 511 g/mol. The average Bonchev–Trinajstić information content (AvgIpc) is 3.18. The molecule has 3 aliphatic rings. The van der Waals surface area contributed by atoms with Gasteiger partial charge in [0.1, 0.15) is 6.04 Å². The summed E-state index contributed by atoms with van der Waals surface area (Å²) >= 11 is 0. The van der Waals surface area contributed by atoms with Gasteiger partial charge in [-0.2, -0.15) is 13.2 Å². The van der Waals surface area contributed by atoms with E-state index in [-0.39, 0.29) is 17.9 Å². The molecule has 37 heavy (non-hydrogen) atoms. The lowest BCUT2D eigenvalue weighted by Gasteiger charge is -2.33. The second-order valence-corrected chi connectivity index (χ2v) is 10.5. The minimum absolute atomic E-state index is 0.0945. The van der Waals surface area contributed by atoms with E-state index in [1.165, 1.54) is 5.56 Å². The number of amides is 2. The van der Waals surface area contributed by atoms with Gasteiger partial charge < -0.3 is 15.5 Å². The van der Waals surface area contributed by atoms with Crippen molar-refractivity contribution >= 4 is 11.8 Å². The summed E-state index contributed by atoms with van der Waals surface area (Å²) in [7, 11) is 0. The van der Waals surface area contributed by atoms with Gasteiger partial charge in [0.25, 0.3) is 5.91 Å². The first kappa shape index (κ1) is 25.5. The number of carbonyl (C=O) groups excluding carboxylic acids is 2. The van der Waals surface area contributed by atoms with Crippen LogP contribution in [0.1, 0.15) is 71.1 Å². The first-order valence-corrected chi connectivity index (χ1v) is 13.0. The third-order valence-electron chi connectivity index (χ3n) is 7.96. The molecule has 2 fully saturated rings. The van der Waals surface area contributed by atoms with Crippen LogP contribution in [-0.2, 0) is 30.5 Å². The molecule has 5 nitrogen and oxygen atoms in total. The van der Waals surface area contributed by atoms with Crippen molar-refractivity contribution < 1.29 is 22.8 Å². The first-order chi connectivity index (χ1) is 17.7. The molecule has 1 saturated carbocycles. The van der Waals surface area contributed by atoms with Crippen LogP contribution in [0.4, 0.5) is 13.2 Å². The molecule has 2 aliphatic heterocycles. The zero-order valence-corrected chi connectivity index (χ0v) is 20.7. The van der Waals surface area contributed by atoms with Crippen LogP contribution in [0.3, 0.4) is 0 Å². The van der Waals surface area contributed by atoms with Gasteiger partial charge in [-0.1, -0.05) is 43.7 Å². The fourth-order valence-electron chi connectivity index (χ4n) is 5.92. The summed E-state index contributed by atoms with van der Waals surface area (Å²) in [4.78, 5) is 27.2. The summed E-state index contributed by atoms with van der Waals surface area (Å²) in [6.07, 6.45) is 2.21. The number of alkyl halides is 3. The molecule has 0 aromatic heterocycles. The standard InChI is InChI=1S/C29H32F3N3O2/c1-18-6-13-26(27(36)34-18)35-17-22-15-20(9-12-24(22)28(35)37)14-21-4-2-3-5-25(21)33-16-19-7-10-23(11-8-19)29(30,31)32/h7-12,15,21,25-26,33H,1-6,13-14,16-17H2,(H,34,36)/t21-,25+,26?/m1/s1. The molecular formula is C29H32F3N3O2. The van der Waals surface area contributed by atoms with Gasteiger partial charge >= 0.3 is 6.18 Å². The number of allylic oxidation sites excluding steroid dienone is 1. The number of fused-ring (bicyclic) bond motifs is 1. The molecule has 0 bridgehead atoms. The number of hydrogen-bond donors (Lipinski definition) is 2. The van der Waals surface area contributed by atoms with E-state index in [1.54, 1.807) is 17.0 Å². The Morgan fingerprint density at radius 3 is 2.46 bits per heavy atom. The fourth-order valence-corrected chi connectivity index (χ4v) is 5.92. The third-order valence-corrected chi connectivity index (χ3v) is 7.96. The van der Waals surface area contributed by atoms with E-state index in [9.17, 15) is 22.8 Å². The van der Waals surface area contributed by atoms with E-state index in [4.69, 9.17) is 0 Å². The fraction of sp³-hybridized carbons (Fsp3) is 0.448. The van der Waals surface area contributed by atoms with Crippen LogP contribution < -0.4 is 10.6 Å². The van der Waals surface area contributed by atoms with Crippen LogP contribution in [0.5, 0.6) is 0 Å². The number of nitrogens with zero attached hydrogens (tertiary/aromatic N) is 1. The van der Waals surface area contributed by atoms with Gasteiger partial charge in [0, 0.05) is 30.4 Å². The zero-order chi connectivity index (χ0) is 26.2. The number of carbonyl (C=O) groups is 2. The van der Waals surface area contributed by atoms with Crippen molar-refractivity contribution in [3.05, 3.63) is 82.6 Å². The lowest BCUT2D eigenvalue weighted by atomic mass is 9.80. The van der Waals surface area contributed by atoms with E-state index in [0.717, 1.165) is 55.4 Å². The van der Waals surface area contributed by atoms with Crippen molar-refractivity contribution in [3.8, 4) is 0 Å². The topological polar surface area (TPSA) is 61.4 Å². The van der Waals surface area contributed by atoms with Gasteiger partial charge in [-0.05, 0) is 72.9 Å². The molecule has 2 N–H and O–H groups in total. The Bertz CT molecular complexity index is 1190. The van der Waals surface area contributed by atoms with Crippen LogP contribution in [0.25, 0.3) is 0 Å². The number of rotatable bonds is 6. The maximum absolute atomic E-state index is 13.0. The van der Waals surface area contributed by atoms with Crippen molar-refractivity contribution in [2.45, 2.75) is 76.3 Å². The van der Waals surface area contributed by atoms with E-state index in [2.05, 4.69) is 23.3 Å². The summed E-state index contributed by atoms with van der Waals surface area (Å²) in [5.74, 6) is 0.148. The van der Waals surface area contributed by atoms with Gasteiger partial charge in [0.2, 0.25) is 5.91 Å². The quantitative estimate of drug-likeness (QED) is 0.550. The van der Waals surface area contributed by atoms with Crippen molar-refractivity contribution in [3.63, 3.8) is 0 Å². The van der Waals surface area contributed by atoms with Gasteiger partial charge in [0.05, 0.1) is 5.56 Å². The highest BCUT2D eigenvalue weighted by atomic mass is 19.4. The SMILES string of the molecule is C=C1CCC(N2Cc3cc(C[C@H]4CCCC[C@@H]4NCc4ccc(C(F)(F)F)cc4)ccc3C2=O)C(=O)N1. The number of benzene rings is 2. The second-order valence-electron chi connectivity index (χ2n) is 10.5. The van der Waals surface area contributed by atoms with Gasteiger partial charge in [-0.15, -0.1) is 0 Å². The molecule has 1 aliphatic carbocycles. The summed E-state index contributed by atoms with van der Waals surface area (Å²) in [5.41, 5.74) is 3.70. The van der Waals surface area contributed by atoms with Crippen LogP contribution in [0.2, 0.25) is 0 Å². The van der Waals surface area contributed by atoms with Crippen LogP contribution >= 0.6 is 0 Å². The van der Waals surface area contributed by atoms with Crippen molar-refractivity contribution in [2.24, 2.45) is 5.92 Å². The Labute approximate surface area is 215 Å². The Balaban J connectivity index is 1.22. The van der Waals surface area contributed by atoms with Crippen molar-refractivity contribution in [1.29, 1.82) is 0 Å². The number of piperidine rings is 1. The highest BCUT2D eigenvalue weighted by molar-refractivity contribution is 6.01. The first-order valence-electron chi connectivity index (χ1n) is 13.0. The Morgan fingerprint density at radius 1 is 1.00 bits per heavy atom. The van der Waals surface area contributed by atoms with E-state index >= 15 is 0 Å². The highest BCUT2D eigenvalue weighted by Crippen LogP contribution is 2.33. The third kappa shape index (κ3) is 5.59. The zero-order valence-electron chi connectivity index (χ0n) is 20.7. The van der Waals surface area contributed by atoms with E-state index in [0.29, 0.717) is 43.1 Å².